The Labute approximate surface area is 108 Å². The zero-order chi connectivity index (χ0) is 13.0. The molecule has 0 aromatic heterocycles. The molecule has 5 heteroatoms. The minimum Gasteiger partial charge on any atom is -0.478 e. The Morgan fingerprint density at radius 3 is 2.44 bits per heavy atom. The van der Waals surface area contributed by atoms with Gasteiger partial charge in [0.05, 0.1) is 11.3 Å². The smallest absolute Gasteiger partial charge is 0.337 e. The van der Waals surface area contributed by atoms with Crippen molar-refractivity contribution in [2.24, 2.45) is 0 Å². The van der Waals surface area contributed by atoms with Crippen molar-refractivity contribution < 1.29 is 14.3 Å². The van der Waals surface area contributed by atoms with Crippen LogP contribution in [-0.2, 0) is 0 Å². The van der Waals surface area contributed by atoms with E-state index in [2.05, 4.69) is 4.72 Å². The Hall–Kier alpha value is -2.01. The molecule has 0 spiro atoms. The molecule has 18 heavy (non-hydrogen) atoms. The summed E-state index contributed by atoms with van der Waals surface area (Å²) in [6, 6.07) is 12.6. The van der Waals surface area contributed by atoms with E-state index in [0.717, 1.165) is 4.90 Å². The fraction of sp³-hybridized carbons (Fsp3) is 0. The first-order valence-corrected chi connectivity index (χ1v) is 5.99. The number of hydrogen-bond acceptors (Lipinski definition) is 3. The summed E-state index contributed by atoms with van der Waals surface area (Å²) in [4.78, 5) is 11.8. The van der Waals surface area contributed by atoms with Gasteiger partial charge in [0.2, 0.25) is 0 Å². The maximum absolute atomic E-state index is 12.7. The van der Waals surface area contributed by atoms with Gasteiger partial charge < -0.3 is 9.83 Å². The molecular formula is C13H10FNO2S. The van der Waals surface area contributed by atoms with Crippen molar-refractivity contribution in [2.45, 2.75) is 4.90 Å². The van der Waals surface area contributed by atoms with Crippen LogP contribution in [0.3, 0.4) is 0 Å². The van der Waals surface area contributed by atoms with E-state index in [1.165, 1.54) is 30.1 Å². The Kier molecular flexibility index (Phi) is 3.84. The molecule has 0 aliphatic carbocycles. The van der Waals surface area contributed by atoms with Crippen molar-refractivity contribution in [3.05, 3.63) is 59.9 Å². The summed E-state index contributed by atoms with van der Waals surface area (Å²) in [5.74, 6) is -1.29. The van der Waals surface area contributed by atoms with Crippen molar-refractivity contribution in [1.82, 2.24) is 0 Å². The average molecular weight is 263 g/mol. The number of aromatic carboxylic acids is 1. The van der Waals surface area contributed by atoms with Crippen LogP contribution in [0.25, 0.3) is 0 Å². The molecule has 0 amide bonds. The third-order valence-corrected chi connectivity index (χ3v) is 3.08. The third-order valence-electron chi connectivity index (χ3n) is 2.25. The monoisotopic (exact) mass is 263 g/mol. The van der Waals surface area contributed by atoms with Crippen LogP contribution < -0.4 is 4.72 Å². The molecule has 2 N–H and O–H groups in total. The van der Waals surface area contributed by atoms with Crippen molar-refractivity contribution in [2.75, 3.05) is 4.72 Å². The molecule has 92 valence electrons. The number of carboxylic acids is 1. The van der Waals surface area contributed by atoms with Gasteiger partial charge in [0.25, 0.3) is 0 Å². The minimum atomic E-state index is -0.988. The second kappa shape index (κ2) is 5.55. The van der Waals surface area contributed by atoms with Crippen LogP contribution in [0, 0.1) is 5.82 Å². The molecule has 2 rings (SSSR count). The predicted molar refractivity (Wildman–Crippen MR) is 69.3 cm³/mol. The lowest BCUT2D eigenvalue weighted by molar-refractivity contribution is 0.0698. The van der Waals surface area contributed by atoms with Crippen LogP contribution in [0.15, 0.2) is 53.4 Å². The Bertz CT molecular complexity index is 557. The van der Waals surface area contributed by atoms with Gasteiger partial charge in [-0.25, -0.2) is 9.18 Å². The van der Waals surface area contributed by atoms with E-state index >= 15 is 0 Å². The predicted octanol–water partition coefficient (Wildman–Crippen LogP) is 3.64. The number of para-hydroxylation sites is 1. The van der Waals surface area contributed by atoms with Gasteiger partial charge in [-0.3, -0.25) is 0 Å². The van der Waals surface area contributed by atoms with Crippen LogP contribution in [0.1, 0.15) is 10.4 Å². The molecule has 0 aliphatic heterocycles. The van der Waals surface area contributed by atoms with Gasteiger partial charge in [-0.2, -0.15) is 0 Å². The Balaban J connectivity index is 2.10. The number of hydrogen-bond donors (Lipinski definition) is 2. The second-order valence-corrected chi connectivity index (χ2v) is 4.39. The zero-order valence-corrected chi connectivity index (χ0v) is 10.1. The van der Waals surface area contributed by atoms with Crippen molar-refractivity contribution in [1.29, 1.82) is 0 Å². The third kappa shape index (κ3) is 3.01. The summed E-state index contributed by atoms with van der Waals surface area (Å²) in [5, 5.41) is 9.00. The molecule has 0 bridgehead atoms. The lowest BCUT2D eigenvalue weighted by Crippen LogP contribution is -2.00. The molecule has 2 aromatic carbocycles. The van der Waals surface area contributed by atoms with E-state index < -0.39 is 5.97 Å². The fourth-order valence-corrected chi connectivity index (χ4v) is 2.05. The highest BCUT2D eigenvalue weighted by Gasteiger charge is 2.08. The van der Waals surface area contributed by atoms with Crippen LogP contribution >= 0.6 is 11.9 Å². The normalized spacial score (nSPS) is 10.1. The molecule has 0 unspecified atom stereocenters. The summed E-state index contributed by atoms with van der Waals surface area (Å²) < 4.78 is 15.7. The summed E-state index contributed by atoms with van der Waals surface area (Å²) >= 11 is 1.23. The van der Waals surface area contributed by atoms with Crippen LogP contribution in [0.2, 0.25) is 0 Å². The van der Waals surface area contributed by atoms with Gasteiger partial charge in [0, 0.05) is 4.90 Å². The summed E-state index contributed by atoms with van der Waals surface area (Å²) in [7, 11) is 0. The Morgan fingerprint density at radius 1 is 1.11 bits per heavy atom. The number of rotatable bonds is 4. The first-order valence-electron chi connectivity index (χ1n) is 5.17. The molecule has 0 saturated heterocycles. The minimum absolute atomic E-state index is 0.201. The molecule has 0 aliphatic rings. The lowest BCUT2D eigenvalue weighted by Gasteiger charge is -2.08. The molecular weight excluding hydrogens is 253 g/mol. The number of benzene rings is 2. The number of carboxylic acid groups (broad SMARTS) is 1. The average Bonchev–Trinajstić information content (AvgIpc) is 2.38. The number of halogens is 1. The highest BCUT2D eigenvalue weighted by atomic mass is 32.2. The molecule has 0 saturated carbocycles. The molecule has 0 fully saturated rings. The van der Waals surface area contributed by atoms with E-state index in [9.17, 15) is 9.18 Å². The summed E-state index contributed by atoms with van der Waals surface area (Å²) in [5.41, 5.74) is 0.714. The zero-order valence-electron chi connectivity index (χ0n) is 9.26. The van der Waals surface area contributed by atoms with E-state index in [1.807, 2.05) is 0 Å². The highest BCUT2D eigenvalue weighted by Crippen LogP contribution is 2.24. The molecule has 3 nitrogen and oxygen atoms in total. The van der Waals surface area contributed by atoms with E-state index in [1.54, 1.807) is 30.3 Å². The van der Waals surface area contributed by atoms with Crippen LogP contribution in [0.5, 0.6) is 0 Å². The Morgan fingerprint density at radius 2 is 1.78 bits per heavy atom. The van der Waals surface area contributed by atoms with E-state index in [4.69, 9.17) is 5.11 Å². The van der Waals surface area contributed by atoms with Gasteiger partial charge in [-0.05, 0) is 48.3 Å². The first kappa shape index (κ1) is 12.4. The SMILES string of the molecule is O=C(O)c1ccccc1NSc1ccc(F)cc1. The summed E-state index contributed by atoms with van der Waals surface area (Å²) in [6.45, 7) is 0. The molecule has 0 radical (unpaired) electrons. The molecule has 2 aromatic rings. The fourth-order valence-electron chi connectivity index (χ4n) is 1.38. The maximum atomic E-state index is 12.7. The molecule has 0 heterocycles. The van der Waals surface area contributed by atoms with Gasteiger partial charge >= 0.3 is 5.97 Å². The summed E-state index contributed by atoms with van der Waals surface area (Å²) in [6.07, 6.45) is 0. The standard InChI is InChI=1S/C13H10FNO2S/c14-9-5-7-10(8-6-9)18-15-12-4-2-1-3-11(12)13(16)17/h1-8,15H,(H,16,17). The quantitative estimate of drug-likeness (QED) is 0.827. The topological polar surface area (TPSA) is 49.3 Å². The van der Waals surface area contributed by atoms with Gasteiger partial charge in [0.1, 0.15) is 5.82 Å². The van der Waals surface area contributed by atoms with Gasteiger partial charge in [0.15, 0.2) is 0 Å². The van der Waals surface area contributed by atoms with Crippen molar-refractivity contribution in [3.63, 3.8) is 0 Å². The van der Waals surface area contributed by atoms with Crippen LogP contribution in [0.4, 0.5) is 10.1 Å². The van der Waals surface area contributed by atoms with Gasteiger partial charge in [-0.1, -0.05) is 12.1 Å². The number of anilines is 1. The van der Waals surface area contributed by atoms with E-state index in [0.29, 0.717) is 5.69 Å². The van der Waals surface area contributed by atoms with E-state index in [-0.39, 0.29) is 11.4 Å². The lowest BCUT2D eigenvalue weighted by atomic mass is 10.2. The first-order chi connectivity index (χ1) is 8.66. The molecule has 0 atom stereocenters. The largest absolute Gasteiger partial charge is 0.478 e. The number of nitrogens with one attached hydrogen (secondary N) is 1. The van der Waals surface area contributed by atoms with Crippen molar-refractivity contribution >= 4 is 23.6 Å². The maximum Gasteiger partial charge on any atom is 0.337 e. The highest BCUT2D eigenvalue weighted by molar-refractivity contribution is 8.00. The van der Waals surface area contributed by atoms with Crippen LogP contribution in [-0.4, -0.2) is 11.1 Å². The van der Waals surface area contributed by atoms with Crippen molar-refractivity contribution in [3.8, 4) is 0 Å². The van der Waals surface area contributed by atoms with Gasteiger partial charge in [-0.15, -0.1) is 0 Å². The second-order valence-electron chi connectivity index (χ2n) is 3.51. The number of carbonyl (C=O) groups is 1.